The number of rotatable bonds is 3. The van der Waals surface area contributed by atoms with Gasteiger partial charge in [-0.2, -0.15) is 5.26 Å². The first-order chi connectivity index (χ1) is 9.78. The third-order valence-electron chi connectivity index (χ3n) is 3.24. The third-order valence-corrected chi connectivity index (χ3v) is 3.24. The first-order valence-electron chi connectivity index (χ1n) is 6.26. The molecule has 1 heterocycles. The molecule has 0 bridgehead atoms. The molecule has 3 rings (SSSR count). The summed E-state index contributed by atoms with van der Waals surface area (Å²) in [6, 6.07) is 14.3. The molecule has 98 valence electrons. The number of para-hydroxylation sites is 1. The van der Waals surface area contributed by atoms with Crippen molar-refractivity contribution in [3.63, 3.8) is 0 Å². The lowest BCUT2D eigenvalue weighted by Crippen LogP contribution is -2.02. The molecule has 0 aliphatic heterocycles. The molecule has 0 saturated heterocycles. The van der Waals surface area contributed by atoms with Gasteiger partial charge in [0.15, 0.2) is 0 Å². The molecule has 0 radical (unpaired) electrons. The zero-order valence-electron chi connectivity index (χ0n) is 10.7. The Morgan fingerprint density at radius 1 is 1.20 bits per heavy atom. The predicted molar refractivity (Wildman–Crippen MR) is 76.7 cm³/mol. The van der Waals surface area contributed by atoms with Gasteiger partial charge < -0.3 is 10.3 Å². The lowest BCUT2D eigenvalue weighted by Gasteiger charge is -2.09. The van der Waals surface area contributed by atoms with Crippen LogP contribution in [0.15, 0.2) is 48.7 Å². The number of anilines is 1. The molecule has 0 amide bonds. The first kappa shape index (κ1) is 12.2. The Labute approximate surface area is 115 Å². The van der Waals surface area contributed by atoms with Crippen LogP contribution >= 0.6 is 0 Å². The fourth-order valence-corrected chi connectivity index (χ4v) is 2.22. The highest BCUT2D eigenvalue weighted by Gasteiger charge is 2.05. The molecule has 1 aromatic heterocycles. The number of nitrogens with one attached hydrogen (secondary N) is 2. The van der Waals surface area contributed by atoms with E-state index < -0.39 is 5.82 Å². The van der Waals surface area contributed by atoms with Crippen molar-refractivity contribution in [1.29, 1.82) is 5.26 Å². The van der Waals surface area contributed by atoms with Crippen LogP contribution in [0.25, 0.3) is 10.9 Å². The number of H-pyrrole nitrogens is 1. The van der Waals surface area contributed by atoms with E-state index in [1.165, 1.54) is 6.07 Å². The SMILES string of the molecule is N#Cc1ccc(NCc2cccc3cc[nH]c23)c(F)c1. The summed E-state index contributed by atoms with van der Waals surface area (Å²) in [6.07, 6.45) is 1.89. The average Bonchev–Trinajstić information content (AvgIpc) is 2.95. The van der Waals surface area contributed by atoms with Crippen LogP contribution in [0.4, 0.5) is 10.1 Å². The summed E-state index contributed by atoms with van der Waals surface area (Å²) in [7, 11) is 0. The van der Waals surface area contributed by atoms with Gasteiger partial charge in [0, 0.05) is 12.7 Å². The number of benzene rings is 2. The van der Waals surface area contributed by atoms with Crippen molar-refractivity contribution < 1.29 is 4.39 Å². The largest absolute Gasteiger partial charge is 0.379 e. The van der Waals surface area contributed by atoms with Gasteiger partial charge >= 0.3 is 0 Å². The summed E-state index contributed by atoms with van der Waals surface area (Å²) >= 11 is 0. The predicted octanol–water partition coefficient (Wildman–Crippen LogP) is 3.79. The molecule has 0 saturated carbocycles. The second kappa shape index (κ2) is 5.06. The average molecular weight is 265 g/mol. The summed E-state index contributed by atoms with van der Waals surface area (Å²) in [5.74, 6) is -0.414. The summed E-state index contributed by atoms with van der Waals surface area (Å²) in [5.41, 5.74) is 2.83. The van der Waals surface area contributed by atoms with Gasteiger partial charge in [-0.3, -0.25) is 0 Å². The lowest BCUT2D eigenvalue weighted by molar-refractivity contribution is 0.629. The Morgan fingerprint density at radius 3 is 2.90 bits per heavy atom. The molecule has 0 atom stereocenters. The van der Waals surface area contributed by atoms with Crippen molar-refractivity contribution >= 4 is 16.6 Å². The van der Waals surface area contributed by atoms with Gasteiger partial charge in [-0.25, -0.2) is 4.39 Å². The van der Waals surface area contributed by atoms with Gasteiger partial charge in [-0.1, -0.05) is 18.2 Å². The molecule has 0 aliphatic rings. The molecule has 0 fully saturated rings. The normalized spacial score (nSPS) is 10.4. The Hall–Kier alpha value is -2.80. The molecule has 2 aromatic carbocycles. The van der Waals surface area contributed by atoms with Gasteiger partial charge in [-0.05, 0) is 35.2 Å². The van der Waals surface area contributed by atoms with Crippen LogP contribution in [0.3, 0.4) is 0 Å². The minimum absolute atomic E-state index is 0.319. The zero-order chi connectivity index (χ0) is 13.9. The molecule has 3 nitrogen and oxygen atoms in total. The zero-order valence-corrected chi connectivity index (χ0v) is 10.7. The van der Waals surface area contributed by atoms with E-state index >= 15 is 0 Å². The molecule has 4 heteroatoms. The third kappa shape index (κ3) is 2.21. The van der Waals surface area contributed by atoms with Crippen LogP contribution in [0.5, 0.6) is 0 Å². The van der Waals surface area contributed by atoms with E-state index in [1.54, 1.807) is 12.1 Å². The number of aromatic amines is 1. The van der Waals surface area contributed by atoms with Crippen molar-refractivity contribution in [1.82, 2.24) is 4.98 Å². The topological polar surface area (TPSA) is 51.6 Å². The van der Waals surface area contributed by atoms with E-state index in [9.17, 15) is 4.39 Å². The minimum Gasteiger partial charge on any atom is -0.379 e. The lowest BCUT2D eigenvalue weighted by atomic mass is 10.1. The number of hydrogen-bond donors (Lipinski definition) is 2. The quantitative estimate of drug-likeness (QED) is 0.757. The van der Waals surface area contributed by atoms with Gasteiger partial charge in [0.25, 0.3) is 0 Å². The van der Waals surface area contributed by atoms with E-state index in [2.05, 4.69) is 10.3 Å². The standard InChI is InChI=1S/C16H12FN3/c17-14-8-11(9-18)4-5-15(14)20-10-13-3-1-2-12-6-7-19-16(12)13/h1-8,19-20H,10H2. The van der Waals surface area contributed by atoms with Gasteiger partial charge in [0.1, 0.15) is 5.82 Å². The van der Waals surface area contributed by atoms with Crippen LogP contribution in [0.1, 0.15) is 11.1 Å². The summed E-state index contributed by atoms with van der Waals surface area (Å²) < 4.78 is 13.8. The Balaban J connectivity index is 1.83. The van der Waals surface area contributed by atoms with Crippen molar-refractivity contribution in [2.75, 3.05) is 5.32 Å². The highest BCUT2D eigenvalue weighted by atomic mass is 19.1. The van der Waals surface area contributed by atoms with Crippen LogP contribution in [-0.2, 0) is 6.54 Å². The summed E-state index contributed by atoms with van der Waals surface area (Å²) in [4.78, 5) is 3.18. The Morgan fingerprint density at radius 2 is 2.10 bits per heavy atom. The van der Waals surface area contributed by atoms with E-state index in [1.807, 2.05) is 36.5 Å². The van der Waals surface area contributed by atoms with Crippen LogP contribution in [0, 0.1) is 17.1 Å². The fraction of sp³-hybridized carbons (Fsp3) is 0.0625. The van der Waals surface area contributed by atoms with Crippen molar-refractivity contribution in [3.8, 4) is 6.07 Å². The molecule has 0 unspecified atom stereocenters. The fourth-order valence-electron chi connectivity index (χ4n) is 2.22. The number of hydrogen-bond acceptors (Lipinski definition) is 2. The van der Waals surface area contributed by atoms with Gasteiger partial charge in [0.05, 0.1) is 22.8 Å². The van der Waals surface area contributed by atoms with E-state index in [0.29, 0.717) is 17.8 Å². The molecule has 0 aliphatic carbocycles. The molecular weight excluding hydrogens is 253 g/mol. The second-order valence-electron chi connectivity index (χ2n) is 4.52. The van der Waals surface area contributed by atoms with Crippen LogP contribution in [-0.4, -0.2) is 4.98 Å². The minimum atomic E-state index is -0.414. The number of nitrogens with zero attached hydrogens (tertiary/aromatic N) is 1. The molecule has 2 N–H and O–H groups in total. The number of aromatic nitrogens is 1. The van der Waals surface area contributed by atoms with Crippen LogP contribution < -0.4 is 5.32 Å². The maximum absolute atomic E-state index is 13.8. The Bertz CT molecular complexity index is 799. The number of fused-ring (bicyclic) bond motifs is 1. The van der Waals surface area contributed by atoms with Crippen LogP contribution in [0.2, 0.25) is 0 Å². The highest BCUT2D eigenvalue weighted by molar-refractivity contribution is 5.82. The molecule has 20 heavy (non-hydrogen) atoms. The monoisotopic (exact) mass is 265 g/mol. The Kier molecular flexibility index (Phi) is 3.10. The van der Waals surface area contributed by atoms with Crippen molar-refractivity contribution in [3.05, 3.63) is 65.6 Å². The van der Waals surface area contributed by atoms with E-state index in [0.717, 1.165) is 16.5 Å². The maximum Gasteiger partial charge on any atom is 0.147 e. The highest BCUT2D eigenvalue weighted by Crippen LogP contribution is 2.20. The smallest absolute Gasteiger partial charge is 0.147 e. The van der Waals surface area contributed by atoms with E-state index in [-0.39, 0.29) is 0 Å². The molecular formula is C16H12FN3. The van der Waals surface area contributed by atoms with Crippen molar-refractivity contribution in [2.24, 2.45) is 0 Å². The number of halogens is 1. The number of nitriles is 1. The summed E-state index contributed by atoms with van der Waals surface area (Å²) in [6.45, 7) is 0.515. The maximum atomic E-state index is 13.8. The second-order valence-corrected chi connectivity index (χ2v) is 4.52. The van der Waals surface area contributed by atoms with Crippen molar-refractivity contribution in [2.45, 2.75) is 6.54 Å². The molecule has 3 aromatic rings. The van der Waals surface area contributed by atoms with Gasteiger partial charge in [-0.15, -0.1) is 0 Å². The van der Waals surface area contributed by atoms with Gasteiger partial charge in [0.2, 0.25) is 0 Å². The first-order valence-corrected chi connectivity index (χ1v) is 6.26. The molecule has 0 spiro atoms. The van der Waals surface area contributed by atoms with E-state index in [4.69, 9.17) is 5.26 Å². The summed E-state index contributed by atoms with van der Waals surface area (Å²) in [5, 5.41) is 12.9.